The Balaban J connectivity index is 4.88. The molecule has 0 heterocycles. The fraction of sp³-hybridized carbons (Fsp3) is 0.667. The second kappa shape index (κ2) is 4.93. The lowest BCUT2D eigenvalue weighted by Crippen LogP contribution is -2.48. The van der Waals surface area contributed by atoms with Crippen LogP contribution in [0.3, 0.4) is 0 Å². The van der Waals surface area contributed by atoms with Gasteiger partial charge in [0, 0.05) is 0 Å². The monoisotopic (exact) mass is 233 g/mol. The Morgan fingerprint density at radius 1 is 1.12 bits per heavy atom. The average molecular weight is 233 g/mol. The van der Waals surface area contributed by atoms with E-state index in [-0.39, 0.29) is 0 Å². The van der Waals surface area contributed by atoms with E-state index >= 15 is 0 Å². The van der Waals surface area contributed by atoms with E-state index in [0.717, 1.165) is 0 Å². The van der Waals surface area contributed by atoms with Crippen LogP contribution in [0.2, 0.25) is 0 Å². The molecule has 4 N–H and O–H groups in total. The Labute approximate surface area is 92.2 Å². The van der Waals surface area contributed by atoms with Crippen molar-refractivity contribution in [3.63, 3.8) is 0 Å². The van der Waals surface area contributed by atoms with Crippen LogP contribution in [0.5, 0.6) is 0 Å². The summed E-state index contributed by atoms with van der Waals surface area (Å²) >= 11 is 0. The van der Waals surface area contributed by atoms with Gasteiger partial charge in [-0.15, -0.1) is 0 Å². The van der Waals surface area contributed by atoms with Crippen LogP contribution in [-0.4, -0.2) is 39.8 Å². The molecule has 0 saturated heterocycles. The highest BCUT2D eigenvalue weighted by Gasteiger charge is 2.39. The number of carbonyl (C=O) groups excluding carboxylic acids is 1. The van der Waals surface area contributed by atoms with Gasteiger partial charge in [0.2, 0.25) is 0 Å². The van der Waals surface area contributed by atoms with E-state index in [1.807, 2.05) is 0 Å². The van der Waals surface area contributed by atoms with Gasteiger partial charge in [-0.25, -0.2) is 0 Å². The van der Waals surface area contributed by atoms with E-state index in [0.29, 0.717) is 0 Å². The van der Waals surface area contributed by atoms with Gasteiger partial charge >= 0.3 is 17.9 Å². The van der Waals surface area contributed by atoms with E-state index in [9.17, 15) is 14.4 Å². The lowest BCUT2D eigenvalue weighted by molar-refractivity contribution is -0.170. The molecular weight excluding hydrogens is 218 g/mol. The smallest absolute Gasteiger partial charge is 0.323 e. The van der Waals surface area contributed by atoms with Crippen LogP contribution in [0.4, 0.5) is 0 Å². The Kier molecular flexibility index (Phi) is 4.43. The predicted octanol–water partition coefficient (Wildman–Crippen LogP) is -0.559. The highest BCUT2D eigenvalue weighted by Crippen LogP contribution is 2.13. The minimum absolute atomic E-state index is 0.900. The van der Waals surface area contributed by atoms with Gasteiger partial charge in [0.05, 0.1) is 0 Å². The summed E-state index contributed by atoms with van der Waals surface area (Å²) in [6.07, 6.45) is 0. The van der Waals surface area contributed by atoms with Crippen LogP contribution in [-0.2, 0) is 19.1 Å². The Bertz CT molecular complexity index is 306. The molecule has 0 spiro atoms. The molecule has 2 unspecified atom stereocenters. The van der Waals surface area contributed by atoms with Crippen molar-refractivity contribution >= 4 is 17.9 Å². The first-order chi connectivity index (χ1) is 7.06. The number of carbonyl (C=O) groups is 3. The molecule has 7 heteroatoms. The Morgan fingerprint density at radius 2 is 1.56 bits per heavy atom. The predicted molar refractivity (Wildman–Crippen MR) is 52.6 cm³/mol. The van der Waals surface area contributed by atoms with Crippen molar-refractivity contribution in [1.29, 1.82) is 0 Å². The third kappa shape index (κ3) is 4.26. The molecule has 92 valence electrons. The third-order valence-electron chi connectivity index (χ3n) is 1.57. The molecule has 16 heavy (non-hydrogen) atoms. The molecule has 0 rings (SSSR count). The standard InChI is InChI=1S/C9H15NO6/c1-9(2,3)16-8(15)4(6(11)12)5(10)7(13)14/h4-5H,10H2,1-3H3,(H,11,12)(H,13,14). The Hall–Kier alpha value is -1.63. The maximum Gasteiger partial charge on any atom is 0.323 e. The molecule has 0 radical (unpaired) electrons. The SMILES string of the molecule is CC(C)(C)OC(=O)C(C(=O)O)C(N)C(=O)O. The molecule has 0 bridgehead atoms. The molecule has 0 aromatic carbocycles. The van der Waals surface area contributed by atoms with Crippen LogP contribution in [0.25, 0.3) is 0 Å². The number of carboxylic acid groups (broad SMARTS) is 2. The summed E-state index contributed by atoms with van der Waals surface area (Å²) in [5.41, 5.74) is 4.20. The van der Waals surface area contributed by atoms with Gasteiger partial charge < -0.3 is 20.7 Å². The summed E-state index contributed by atoms with van der Waals surface area (Å²) in [7, 11) is 0. The zero-order valence-electron chi connectivity index (χ0n) is 9.26. The van der Waals surface area contributed by atoms with E-state index in [1.165, 1.54) is 20.8 Å². The average Bonchev–Trinajstić information content (AvgIpc) is 1.99. The van der Waals surface area contributed by atoms with Crippen molar-refractivity contribution in [2.24, 2.45) is 11.7 Å². The molecular formula is C9H15NO6. The molecule has 0 saturated carbocycles. The minimum Gasteiger partial charge on any atom is -0.481 e. The fourth-order valence-electron chi connectivity index (χ4n) is 0.909. The lowest BCUT2D eigenvalue weighted by Gasteiger charge is -2.23. The second-order valence-electron chi connectivity index (χ2n) is 4.21. The molecule has 0 fully saturated rings. The third-order valence-corrected chi connectivity index (χ3v) is 1.57. The summed E-state index contributed by atoms with van der Waals surface area (Å²) in [4.78, 5) is 32.6. The maximum absolute atomic E-state index is 11.4. The highest BCUT2D eigenvalue weighted by atomic mass is 16.6. The quantitative estimate of drug-likeness (QED) is 0.438. The van der Waals surface area contributed by atoms with Crippen LogP contribution in [0.15, 0.2) is 0 Å². The van der Waals surface area contributed by atoms with Crippen LogP contribution >= 0.6 is 0 Å². The van der Waals surface area contributed by atoms with E-state index in [4.69, 9.17) is 20.7 Å². The van der Waals surface area contributed by atoms with Crippen molar-refractivity contribution in [2.45, 2.75) is 32.4 Å². The van der Waals surface area contributed by atoms with Crippen LogP contribution in [0, 0.1) is 5.92 Å². The van der Waals surface area contributed by atoms with Crippen LogP contribution < -0.4 is 5.73 Å². The summed E-state index contributed by atoms with van der Waals surface area (Å²) in [6, 6.07) is -1.83. The molecule has 0 aromatic heterocycles. The fourth-order valence-corrected chi connectivity index (χ4v) is 0.909. The molecule has 7 nitrogen and oxygen atoms in total. The zero-order chi connectivity index (χ0) is 13.1. The summed E-state index contributed by atoms with van der Waals surface area (Å²) in [5.74, 6) is -6.26. The molecule has 0 aliphatic carbocycles. The first kappa shape index (κ1) is 14.4. The number of ether oxygens (including phenoxy) is 1. The van der Waals surface area contributed by atoms with Gasteiger partial charge in [-0.1, -0.05) is 0 Å². The zero-order valence-corrected chi connectivity index (χ0v) is 9.26. The van der Waals surface area contributed by atoms with Crippen molar-refractivity contribution in [3.8, 4) is 0 Å². The number of aliphatic carboxylic acids is 2. The molecule has 0 amide bonds. The number of hydrogen-bond acceptors (Lipinski definition) is 5. The maximum atomic E-state index is 11.4. The molecule has 0 aliphatic rings. The minimum atomic E-state index is -1.91. The van der Waals surface area contributed by atoms with Crippen molar-refractivity contribution in [3.05, 3.63) is 0 Å². The molecule has 0 aliphatic heterocycles. The molecule has 0 aromatic rings. The van der Waals surface area contributed by atoms with Crippen molar-refractivity contribution in [1.82, 2.24) is 0 Å². The van der Waals surface area contributed by atoms with Crippen molar-refractivity contribution in [2.75, 3.05) is 0 Å². The van der Waals surface area contributed by atoms with Gasteiger partial charge in [0.15, 0.2) is 5.92 Å². The van der Waals surface area contributed by atoms with E-state index in [1.54, 1.807) is 0 Å². The topological polar surface area (TPSA) is 127 Å². The summed E-state index contributed by atoms with van der Waals surface area (Å²) in [6.45, 7) is 4.61. The number of hydrogen-bond donors (Lipinski definition) is 3. The number of carboxylic acids is 2. The second-order valence-corrected chi connectivity index (χ2v) is 4.21. The summed E-state index contributed by atoms with van der Waals surface area (Å²) < 4.78 is 4.77. The van der Waals surface area contributed by atoms with Gasteiger partial charge in [-0.3, -0.25) is 14.4 Å². The number of esters is 1. The number of nitrogens with two attached hydrogens (primary N) is 1. The highest BCUT2D eigenvalue weighted by molar-refractivity contribution is 5.99. The van der Waals surface area contributed by atoms with Crippen molar-refractivity contribution < 1.29 is 29.3 Å². The van der Waals surface area contributed by atoms with Crippen LogP contribution in [0.1, 0.15) is 20.8 Å². The van der Waals surface area contributed by atoms with Gasteiger partial charge in [-0.05, 0) is 20.8 Å². The molecule has 2 atom stereocenters. The first-order valence-electron chi connectivity index (χ1n) is 4.50. The lowest BCUT2D eigenvalue weighted by atomic mass is 10.0. The Morgan fingerprint density at radius 3 is 1.81 bits per heavy atom. The summed E-state index contributed by atoms with van der Waals surface area (Å²) in [5, 5.41) is 17.3. The normalized spacial score (nSPS) is 15.0. The van der Waals surface area contributed by atoms with Gasteiger partial charge in [-0.2, -0.15) is 0 Å². The van der Waals surface area contributed by atoms with Gasteiger partial charge in [0.1, 0.15) is 11.6 Å². The first-order valence-corrected chi connectivity index (χ1v) is 4.50. The van der Waals surface area contributed by atoms with Gasteiger partial charge in [0.25, 0.3) is 0 Å². The van der Waals surface area contributed by atoms with E-state index in [2.05, 4.69) is 0 Å². The largest absolute Gasteiger partial charge is 0.481 e. The number of rotatable bonds is 4. The van der Waals surface area contributed by atoms with E-state index < -0.39 is 35.5 Å².